The molecule has 0 saturated carbocycles. The second kappa shape index (κ2) is 18.4. The lowest BCUT2D eigenvalue weighted by Gasteiger charge is -2.35. The summed E-state index contributed by atoms with van der Waals surface area (Å²) in [5.74, 6) is 0. The first-order valence-electron chi connectivity index (χ1n) is 26.5. The molecule has 0 unspecified atom stereocenters. The smallest absolute Gasteiger partial charge is 0.0725 e. The van der Waals surface area contributed by atoms with Crippen molar-refractivity contribution in [3.05, 3.63) is 354 Å². The summed E-state index contributed by atoms with van der Waals surface area (Å²) in [6, 6.07) is 100. The second-order valence-corrected chi connectivity index (χ2v) is 20.2. The number of fused-ring (bicyclic) bond motifs is 15. The summed E-state index contributed by atoms with van der Waals surface area (Å²) in [6.07, 6.45) is 10.9. The summed E-state index contributed by atoms with van der Waals surface area (Å²) in [4.78, 5) is 2.48. The number of nitrogens with zero attached hydrogens (tertiary/aromatic N) is 1. The molecule has 11 aromatic rings. The highest BCUT2D eigenvalue weighted by Gasteiger charge is 2.51. The zero-order valence-electron chi connectivity index (χ0n) is 42.2. The van der Waals surface area contributed by atoms with Crippen LogP contribution in [0.1, 0.15) is 50.1 Å². The van der Waals surface area contributed by atoms with Crippen molar-refractivity contribution in [3.8, 4) is 55.6 Å². The Morgan fingerprint density at radius 1 is 0.316 bits per heavy atom. The van der Waals surface area contributed by atoms with Gasteiger partial charge in [-0.05, 0) is 137 Å². The number of allylic oxidation sites excluding steroid dienone is 5. The largest absolute Gasteiger partial charge is 0.310 e. The Labute approximate surface area is 446 Å². The normalized spacial score (nSPS) is 13.7. The molecule has 0 heterocycles. The van der Waals surface area contributed by atoms with E-state index in [1.54, 1.807) is 6.08 Å². The maximum Gasteiger partial charge on any atom is 0.0725 e. The van der Waals surface area contributed by atoms with E-state index in [-0.39, 0.29) is 0 Å². The standard InChI is InChI=1S/C75H53N/c1-2-3-4-5-8-25-52-44-48-56(49-45-52)76(71-43-24-42-70-73(71)64-35-18-21-39-67(64)74(70,54-26-9-6-10-27-54)55-28-11-7-12-29-55)57-50-46-53(47-51-57)58-36-23-41-69-72(58)63-34-17-22-40-68(63)75(69)65-37-19-15-32-61(65)59-30-13-14-31-60(59)62-33-16-20-38-66(62)75/h2-24,26-51H,1,25H2/b4-3-,8-5-. The van der Waals surface area contributed by atoms with E-state index in [1.165, 1.54) is 106 Å². The minimum Gasteiger partial charge on any atom is -0.310 e. The molecule has 0 aromatic heterocycles. The minimum atomic E-state index is -0.548. The lowest BCUT2D eigenvalue weighted by atomic mass is 9.66. The first-order valence-corrected chi connectivity index (χ1v) is 26.5. The number of hydrogen-bond acceptors (Lipinski definition) is 1. The van der Waals surface area contributed by atoms with Gasteiger partial charge in [0.1, 0.15) is 0 Å². The fraction of sp³-hybridized carbons (Fsp3) is 0.0400. The van der Waals surface area contributed by atoms with Crippen LogP contribution < -0.4 is 4.90 Å². The van der Waals surface area contributed by atoms with Gasteiger partial charge in [-0.15, -0.1) is 0 Å². The summed E-state index contributed by atoms with van der Waals surface area (Å²) in [7, 11) is 0. The fourth-order valence-corrected chi connectivity index (χ4v) is 13.4. The van der Waals surface area contributed by atoms with Crippen LogP contribution in [-0.4, -0.2) is 0 Å². The average molecular weight is 968 g/mol. The van der Waals surface area contributed by atoms with Crippen molar-refractivity contribution >= 4 is 17.1 Å². The third kappa shape index (κ3) is 6.72. The van der Waals surface area contributed by atoms with Crippen LogP contribution in [0.3, 0.4) is 0 Å². The van der Waals surface area contributed by atoms with Crippen molar-refractivity contribution in [2.75, 3.05) is 4.90 Å². The van der Waals surface area contributed by atoms with Crippen LogP contribution in [0.25, 0.3) is 55.6 Å². The van der Waals surface area contributed by atoms with Crippen molar-refractivity contribution in [1.29, 1.82) is 0 Å². The topological polar surface area (TPSA) is 3.24 Å². The van der Waals surface area contributed by atoms with Crippen molar-refractivity contribution < 1.29 is 0 Å². The molecular formula is C75H53N. The maximum absolute atomic E-state index is 3.82. The summed E-state index contributed by atoms with van der Waals surface area (Å²) >= 11 is 0. The molecule has 0 N–H and O–H groups in total. The Morgan fingerprint density at radius 2 is 0.737 bits per heavy atom. The van der Waals surface area contributed by atoms with Crippen LogP contribution in [0, 0.1) is 0 Å². The molecule has 76 heavy (non-hydrogen) atoms. The van der Waals surface area contributed by atoms with E-state index in [1.807, 2.05) is 12.2 Å². The van der Waals surface area contributed by atoms with Crippen LogP contribution in [0.2, 0.25) is 0 Å². The Morgan fingerprint density at radius 3 is 1.30 bits per heavy atom. The van der Waals surface area contributed by atoms with Gasteiger partial charge in [0.2, 0.25) is 0 Å². The Bertz CT molecular complexity index is 3980. The molecule has 0 aliphatic heterocycles. The summed E-state index contributed by atoms with van der Waals surface area (Å²) in [5, 5.41) is 0. The number of rotatable bonds is 10. The van der Waals surface area contributed by atoms with Gasteiger partial charge in [0, 0.05) is 16.9 Å². The highest BCUT2D eigenvalue weighted by molar-refractivity contribution is 6.02. The third-order valence-electron chi connectivity index (χ3n) is 16.4. The minimum absolute atomic E-state index is 0.529. The maximum atomic E-state index is 3.82. The predicted octanol–water partition coefficient (Wildman–Crippen LogP) is 19.0. The van der Waals surface area contributed by atoms with Gasteiger partial charge in [0.15, 0.2) is 0 Å². The van der Waals surface area contributed by atoms with Crippen LogP contribution in [0.4, 0.5) is 17.1 Å². The van der Waals surface area contributed by atoms with Gasteiger partial charge in [0.05, 0.1) is 16.5 Å². The first kappa shape index (κ1) is 45.1. The third-order valence-corrected chi connectivity index (χ3v) is 16.4. The molecular weight excluding hydrogens is 915 g/mol. The molecule has 1 nitrogen and oxygen atoms in total. The number of anilines is 3. The SMILES string of the molecule is C=C/C=C\C=C/Cc1ccc(N(c2ccc(-c3cccc4c3-c3ccccc3C43c4ccccc4-c4ccccc4-c4ccccc43)cc2)c2cccc3c2-c2ccccc2C3(c2ccccc2)c2ccccc2)cc1. The predicted molar refractivity (Wildman–Crippen MR) is 318 cm³/mol. The molecule has 0 radical (unpaired) electrons. The lowest BCUT2D eigenvalue weighted by molar-refractivity contribution is 0.768. The van der Waals surface area contributed by atoms with E-state index in [0.717, 1.165) is 23.5 Å². The van der Waals surface area contributed by atoms with Gasteiger partial charge >= 0.3 is 0 Å². The molecule has 1 spiro atoms. The van der Waals surface area contributed by atoms with Gasteiger partial charge in [-0.2, -0.15) is 0 Å². The highest BCUT2D eigenvalue weighted by atomic mass is 15.1. The number of benzene rings is 11. The zero-order valence-corrected chi connectivity index (χ0v) is 42.2. The van der Waals surface area contributed by atoms with Crippen LogP contribution in [0.5, 0.6) is 0 Å². The monoisotopic (exact) mass is 967 g/mol. The summed E-state index contributed by atoms with van der Waals surface area (Å²) in [5.41, 5.74) is 26.4. The first-order chi connectivity index (χ1) is 37.7. The van der Waals surface area contributed by atoms with E-state index in [2.05, 4.69) is 291 Å². The lowest BCUT2D eigenvalue weighted by Crippen LogP contribution is -2.29. The fourth-order valence-electron chi connectivity index (χ4n) is 13.4. The molecule has 0 amide bonds. The zero-order chi connectivity index (χ0) is 50.6. The van der Waals surface area contributed by atoms with E-state index in [0.29, 0.717) is 0 Å². The molecule has 3 aliphatic carbocycles. The van der Waals surface area contributed by atoms with E-state index in [9.17, 15) is 0 Å². The van der Waals surface area contributed by atoms with E-state index < -0.39 is 10.8 Å². The Balaban J connectivity index is 0.959. The van der Waals surface area contributed by atoms with Crippen molar-refractivity contribution in [2.24, 2.45) is 0 Å². The highest BCUT2D eigenvalue weighted by Crippen LogP contribution is 2.63. The van der Waals surface area contributed by atoms with Crippen molar-refractivity contribution in [1.82, 2.24) is 0 Å². The Kier molecular flexibility index (Phi) is 10.9. The van der Waals surface area contributed by atoms with Crippen LogP contribution in [0.15, 0.2) is 304 Å². The second-order valence-electron chi connectivity index (χ2n) is 20.2. The van der Waals surface area contributed by atoms with Crippen molar-refractivity contribution in [3.63, 3.8) is 0 Å². The molecule has 0 fully saturated rings. The molecule has 11 aromatic carbocycles. The Hall–Kier alpha value is -9.56. The van der Waals surface area contributed by atoms with E-state index >= 15 is 0 Å². The van der Waals surface area contributed by atoms with Gasteiger partial charge in [-0.3, -0.25) is 0 Å². The van der Waals surface area contributed by atoms with Gasteiger partial charge in [0.25, 0.3) is 0 Å². The summed E-state index contributed by atoms with van der Waals surface area (Å²) in [6.45, 7) is 3.82. The van der Waals surface area contributed by atoms with Gasteiger partial charge < -0.3 is 4.90 Å². The molecule has 1 heteroatoms. The molecule has 3 aliphatic rings. The molecule has 358 valence electrons. The van der Waals surface area contributed by atoms with Crippen LogP contribution in [-0.2, 0) is 17.3 Å². The van der Waals surface area contributed by atoms with Gasteiger partial charge in [-0.25, -0.2) is 0 Å². The quantitative estimate of drug-likeness (QED) is 0.123. The van der Waals surface area contributed by atoms with E-state index in [4.69, 9.17) is 0 Å². The van der Waals surface area contributed by atoms with Crippen molar-refractivity contribution in [2.45, 2.75) is 17.3 Å². The molecule has 0 saturated heterocycles. The average Bonchev–Trinajstić information content (AvgIpc) is 4.17. The molecule has 0 atom stereocenters. The molecule has 14 rings (SSSR count). The summed E-state index contributed by atoms with van der Waals surface area (Å²) < 4.78 is 0. The van der Waals surface area contributed by atoms with Crippen LogP contribution >= 0.6 is 0 Å². The van der Waals surface area contributed by atoms with Gasteiger partial charge in [-0.1, -0.05) is 274 Å². The number of hydrogen-bond donors (Lipinski definition) is 0. The molecule has 0 bridgehead atoms.